The summed E-state index contributed by atoms with van der Waals surface area (Å²) in [5, 5.41) is 0.257. The van der Waals surface area contributed by atoms with Crippen molar-refractivity contribution in [1.82, 2.24) is 0 Å². The monoisotopic (exact) mass is 412 g/mol. The molecule has 0 heterocycles. The minimum Gasteiger partial charge on any atom is -0.398 e. The molecule has 4 nitrogen and oxygen atoms in total. The standard InChI is InChI=1S/C12H8BrCl2FN2O2S/c13-6-4-11(9(17)5-8(6)16)21(19,20)18-10-3-1-2-7(14)12(10)15/h1-5,18H,17H2. The summed E-state index contributed by atoms with van der Waals surface area (Å²) < 4.78 is 40.2. The molecule has 0 saturated carbocycles. The zero-order valence-electron chi connectivity index (χ0n) is 10.2. The molecule has 3 N–H and O–H groups in total. The van der Waals surface area contributed by atoms with E-state index in [1.807, 2.05) is 0 Å². The maximum atomic E-state index is 13.3. The van der Waals surface area contributed by atoms with Crippen molar-refractivity contribution in [3.8, 4) is 0 Å². The highest BCUT2D eigenvalue weighted by Crippen LogP contribution is 2.33. The van der Waals surface area contributed by atoms with Crippen molar-refractivity contribution in [1.29, 1.82) is 0 Å². The normalized spacial score (nSPS) is 11.4. The van der Waals surface area contributed by atoms with Gasteiger partial charge < -0.3 is 5.73 Å². The fourth-order valence-electron chi connectivity index (χ4n) is 1.56. The van der Waals surface area contributed by atoms with E-state index in [2.05, 4.69) is 20.7 Å². The zero-order valence-corrected chi connectivity index (χ0v) is 14.1. The van der Waals surface area contributed by atoms with Crippen molar-refractivity contribution in [2.45, 2.75) is 4.90 Å². The quantitative estimate of drug-likeness (QED) is 0.737. The van der Waals surface area contributed by atoms with Gasteiger partial charge in [0.05, 0.1) is 25.9 Å². The molecule has 0 aromatic heterocycles. The molecule has 112 valence electrons. The third-order valence-corrected chi connectivity index (χ3v) is 5.39. The minimum atomic E-state index is -4.04. The summed E-state index contributed by atoms with van der Waals surface area (Å²) in [5.41, 5.74) is 5.44. The van der Waals surface area contributed by atoms with Gasteiger partial charge in [-0.25, -0.2) is 12.8 Å². The SMILES string of the molecule is Nc1cc(F)c(Br)cc1S(=O)(=O)Nc1cccc(Cl)c1Cl. The van der Waals surface area contributed by atoms with E-state index in [1.165, 1.54) is 18.2 Å². The van der Waals surface area contributed by atoms with Crippen molar-refractivity contribution in [3.63, 3.8) is 0 Å². The molecule has 0 bridgehead atoms. The first kappa shape index (κ1) is 16.4. The molecule has 2 rings (SSSR count). The second-order valence-corrected chi connectivity index (χ2v) is 7.30. The molecule has 2 aromatic rings. The van der Waals surface area contributed by atoms with Crippen LogP contribution in [0.1, 0.15) is 0 Å². The van der Waals surface area contributed by atoms with Gasteiger partial charge in [-0.15, -0.1) is 0 Å². The molecule has 0 unspecified atom stereocenters. The fourth-order valence-corrected chi connectivity index (χ4v) is 3.67. The molecule has 2 aromatic carbocycles. The minimum absolute atomic E-state index is 0.0192. The Morgan fingerprint density at radius 3 is 2.57 bits per heavy atom. The highest BCUT2D eigenvalue weighted by molar-refractivity contribution is 9.10. The van der Waals surface area contributed by atoms with E-state index in [4.69, 9.17) is 28.9 Å². The number of hydrogen-bond acceptors (Lipinski definition) is 3. The number of sulfonamides is 1. The summed E-state index contributed by atoms with van der Waals surface area (Å²) in [6, 6.07) is 6.49. The van der Waals surface area contributed by atoms with Gasteiger partial charge >= 0.3 is 0 Å². The molecule has 0 aliphatic rings. The molecule has 21 heavy (non-hydrogen) atoms. The van der Waals surface area contributed by atoms with Gasteiger partial charge in [0.15, 0.2) is 0 Å². The molecule has 0 atom stereocenters. The van der Waals surface area contributed by atoms with Crippen LogP contribution in [-0.4, -0.2) is 8.42 Å². The van der Waals surface area contributed by atoms with Gasteiger partial charge in [-0.05, 0) is 40.2 Å². The maximum Gasteiger partial charge on any atom is 0.264 e. The molecule has 9 heteroatoms. The van der Waals surface area contributed by atoms with E-state index in [-0.39, 0.29) is 30.8 Å². The predicted octanol–water partition coefficient (Wildman–Crippen LogP) is 4.28. The summed E-state index contributed by atoms with van der Waals surface area (Å²) >= 11 is 14.7. The van der Waals surface area contributed by atoms with E-state index < -0.39 is 15.8 Å². The van der Waals surface area contributed by atoms with Crippen molar-refractivity contribution in [2.24, 2.45) is 0 Å². The zero-order chi connectivity index (χ0) is 15.8. The average Bonchev–Trinajstić information content (AvgIpc) is 2.39. The molecular weight excluding hydrogens is 406 g/mol. The molecular formula is C12H8BrCl2FN2O2S. The van der Waals surface area contributed by atoms with Crippen molar-refractivity contribution in [2.75, 3.05) is 10.5 Å². The second kappa shape index (κ2) is 6.00. The van der Waals surface area contributed by atoms with Gasteiger partial charge in [0.1, 0.15) is 10.7 Å². The van der Waals surface area contributed by atoms with Gasteiger partial charge in [-0.1, -0.05) is 29.3 Å². The third-order valence-electron chi connectivity index (χ3n) is 2.54. The first-order valence-corrected chi connectivity index (χ1v) is 8.47. The number of halogens is 4. The Labute approximate surface area is 139 Å². The fraction of sp³-hybridized carbons (Fsp3) is 0. The summed E-state index contributed by atoms with van der Waals surface area (Å²) in [6.45, 7) is 0. The first-order valence-electron chi connectivity index (χ1n) is 5.43. The summed E-state index contributed by atoms with van der Waals surface area (Å²) in [5.74, 6) is -0.660. The Morgan fingerprint density at radius 1 is 1.24 bits per heavy atom. The Morgan fingerprint density at radius 2 is 1.90 bits per heavy atom. The molecule has 0 saturated heterocycles. The number of anilines is 2. The summed E-state index contributed by atoms with van der Waals surface area (Å²) in [6.07, 6.45) is 0. The predicted molar refractivity (Wildman–Crippen MR) is 85.8 cm³/mol. The van der Waals surface area contributed by atoms with Gasteiger partial charge in [0, 0.05) is 0 Å². The van der Waals surface area contributed by atoms with E-state index in [0.717, 1.165) is 12.1 Å². The highest BCUT2D eigenvalue weighted by atomic mass is 79.9. The van der Waals surface area contributed by atoms with Crippen LogP contribution in [0.5, 0.6) is 0 Å². The van der Waals surface area contributed by atoms with Crippen LogP contribution in [0.2, 0.25) is 10.0 Å². The third kappa shape index (κ3) is 3.42. The molecule has 0 aliphatic carbocycles. The van der Waals surface area contributed by atoms with Crippen LogP contribution in [0.15, 0.2) is 39.7 Å². The Kier molecular flexibility index (Phi) is 4.67. The maximum absolute atomic E-state index is 13.3. The smallest absolute Gasteiger partial charge is 0.264 e. The molecule has 0 aliphatic heterocycles. The number of benzene rings is 2. The van der Waals surface area contributed by atoms with Crippen molar-refractivity contribution < 1.29 is 12.8 Å². The lowest BCUT2D eigenvalue weighted by molar-refractivity contribution is 0.599. The number of nitrogens with two attached hydrogens (primary N) is 1. The van der Waals surface area contributed by atoms with E-state index in [9.17, 15) is 12.8 Å². The highest BCUT2D eigenvalue weighted by Gasteiger charge is 2.21. The van der Waals surface area contributed by atoms with E-state index >= 15 is 0 Å². The van der Waals surface area contributed by atoms with Crippen LogP contribution in [0, 0.1) is 5.82 Å². The van der Waals surface area contributed by atoms with Crippen LogP contribution in [-0.2, 0) is 10.0 Å². The van der Waals surface area contributed by atoms with Crippen LogP contribution in [0.25, 0.3) is 0 Å². The average molecular weight is 414 g/mol. The lowest BCUT2D eigenvalue weighted by atomic mass is 10.3. The van der Waals surface area contributed by atoms with E-state index in [1.54, 1.807) is 0 Å². The molecule has 0 fully saturated rings. The van der Waals surface area contributed by atoms with Gasteiger partial charge in [-0.3, -0.25) is 4.72 Å². The van der Waals surface area contributed by atoms with Crippen molar-refractivity contribution >= 4 is 60.5 Å². The van der Waals surface area contributed by atoms with Gasteiger partial charge in [-0.2, -0.15) is 0 Å². The molecule has 0 radical (unpaired) electrons. The Hall–Kier alpha value is -1.02. The van der Waals surface area contributed by atoms with Gasteiger partial charge in [0.2, 0.25) is 0 Å². The lowest BCUT2D eigenvalue weighted by Gasteiger charge is -2.12. The van der Waals surface area contributed by atoms with Crippen LogP contribution in [0.4, 0.5) is 15.8 Å². The second-order valence-electron chi connectivity index (χ2n) is 4.01. The topological polar surface area (TPSA) is 72.2 Å². The van der Waals surface area contributed by atoms with Crippen LogP contribution < -0.4 is 10.5 Å². The first-order chi connectivity index (χ1) is 9.72. The summed E-state index contributed by atoms with van der Waals surface area (Å²) in [4.78, 5) is -0.271. The summed E-state index contributed by atoms with van der Waals surface area (Å²) in [7, 11) is -4.04. The van der Waals surface area contributed by atoms with E-state index in [0.29, 0.717) is 0 Å². The van der Waals surface area contributed by atoms with Crippen molar-refractivity contribution in [3.05, 3.63) is 50.7 Å². The number of hydrogen-bond donors (Lipinski definition) is 2. The Balaban J connectivity index is 2.48. The van der Waals surface area contributed by atoms with Crippen LogP contribution in [0.3, 0.4) is 0 Å². The molecule has 0 amide bonds. The molecule has 0 spiro atoms. The largest absolute Gasteiger partial charge is 0.398 e. The number of rotatable bonds is 3. The number of nitrogens with one attached hydrogen (secondary N) is 1. The van der Waals surface area contributed by atoms with Gasteiger partial charge in [0.25, 0.3) is 10.0 Å². The van der Waals surface area contributed by atoms with Crippen LogP contribution >= 0.6 is 39.1 Å². The number of nitrogen functional groups attached to an aromatic ring is 1. The Bertz CT molecular complexity index is 815. The lowest BCUT2D eigenvalue weighted by Crippen LogP contribution is -2.15.